The minimum Gasteiger partial charge on any atom is -1.00 e. The number of hydrogen-bond donors (Lipinski definition) is 0. The molecule has 0 aliphatic rings. The fourth-order valence-corrected chi connectivity index (χ4v) is 0. The Morgan fingerprint density at radius 3 is 1.25 bits per heavy atom. The molecule has 0 spiro atoms. The van der Waals surface area contributed by atoms with Gasteiger partial charge < -0.3 is 2.85 Å². The van der Waals surface area contributed by atoms with Crippen LogP contribution in [-0.2, 0) is 17.1 Å². The van der Waals surface area contributed by atoms with Gasteiger partial charge in [-0.05, 0) is 0 Å². The fraction of sp³-hybridized carbons (Fsp3) is 0. The maximum absolute atomic E-state index is 0. The van der Waals surface area contributed by atoms with Crippen molar-refractivity contribution in [3.63, 3.8) is 0 Å². The van der Waals surface area contributed by atoms with E-state index in [4.69, 9.17) is 0 Å². The van der Waals surface area contributed by atoms with Crippen LogP contribution >= 0.6 is 0 Å². The summed E-state index contributed by atoms with van der Waals surface area (Å²) in [7, 11) is 0. The Morgan fingerprint density at radius 1 is 1.25 bits per heavy atom. The van der Waals surface area contributed by atoms with Crippen LogP contribution in [0.5, 0.6) is 0 Å². The molecule has 0 nitrogen and oxygen atoms in total. The molecule has 0 rings (SSSR count). The van der Waals surface area contributed by atoms with Gasteiger partial charge in [0, 0.05) is 45.4 Å². The van der Waals surface area contributed by atoms with Gasteiger partial charge in [-0.25, -0.2) is 0 Å². The second-order valence-corrected chi connectivity index (χ2v) is 0. The van der Waals surface area contributed by atoms with Crippen molar-refractivity contribution >= 4 is 51.4 Å². The Labute approximate surface area is 70.9 Å². The Bertz CT molecular complexity index is 13.5. The van der Waals surface area contributed by atoms with E-state index < -0.39 is 0 Å². The number of rotatable bonds is 0. The van der Waals surface area contributed by atoms with Gasteiger partial charge in [-0.3, -0.25) is 0 Å². The summed E-state index contributed by atoms with van der Waals surface area (Å²) >= 11 is 0. The summed E-state index contributed by atoms with van der Waals surface area (Å²) in [6.45, 7) is 0. The normalized spacial score (nSPS) is 0. The van der Waals surface area contributed by atoms with Crippen molar-refractivity contribution in [2.45, 2.75) is 0 Å². The van der Waals surface area contributed by atoms with E-state index in [-0.39, 0.29) is 71.3 Å². The molecule has 0 aliphatic heterocycles. The molecule has 0 aromatic carbocycles. The second-order valence-electron chi connectivity index (χ2n) is 0. The molecular weight excluding hydrogens is 135 g/mol. The molecule has 0 bridgehead atoms. The minimum absolute atomic E-state index is 0. The van der Waals surface area contributed by atoms with Gasteiger partial charge in [-0.15, -0.1) is 0 Å². The van der Waals surface area contributed by atoms with Crippen LogP contribution in [0, 0.1) is 0 Å². The number of hydrogen-bond acceptors (Lipinski definition) is 0. The van der Waals surface area contributed by atoms with Crippen molar-refractivity contribution in [1.82, 2.24) is 0 Å². The molecule has 0 aromatic rings. The first-order valence-corrected chi connectivity index (χ1v) is 0. The van der Waals surface area contributed by atoms with Crippen molar-refractivity contribution in [1.29, 1.82) is 0 Å². The van der Waals surface area contributed by atoms with Crippen LogP contribution in [-0.4, -0.2) is 51.4 Å². The van der Waals surface area contributed by atoms with Crippen molar-refractivity contribution in [2.24, 2.45) is 0 Å². The van der Waals surface area contributed by atoms with Crippen molar-refractivity contribution in [3.05, 3.63) is 0 Å². The van der Waals surface area contributed by atoms with E-state index in [1.54, 1.807) is 0 Å². The van der Waals surface area contributed by atoms with Crippen LogP contribution in [0.25, 0.3) is 0 Å². The summed E-state index contributed by atoms with van der Waals surface area (Å²) in [6.07, 6.45) is 0. The van der Waals surface area contributed by atoms with Crippen LogP contribution < -0.4 is 0 Å². The topological polar surface area (TPSA) is 0 Å². The van der Waals surface area contributed by atoms with Crippen molar-refractivity contribution < 1.29 is 19.9 Å². The molecule has 4 heavy (non-hydrogen) atoms. The van der Waals surface area contributed by atoms with Crippen LogP contribution in [0.15, 0.2) is 0 Å². The molecule has 0 N–H and O–H groups in total. The van der Waals surface area contributed by atoms with Crippen molar-refractivity contribution in [3.8, 4) is 0 Å². The first kappa shape index (κ1) is 36.9. The van der Waals surface area contributed by atoms with Crippen LogP contribution in [0.2, 0.25) is 0 Å². The maximum Gasteiger partial charge on any atom is 2.00 e. The van der Waals surface area contributed by atoms with Crippen LogP contribution in [0.3, 0.4) is 0 Å². The summed E-state index contributed by atoms with van der Waals surface area (Å²) in [5.74, 6) is 0. The summed E-state index contributed by atoms with van der Waals surface area (Å²) in [5.41, 5.74) is 0. The van der Waals surface area contributed by atoms with Crippen LogP contribution in [0.4, 0.5) is 0 Å². The zero-order chi connectivity index (χ0) is 0. The van der Waals surface area contributed by atoms with Gasteiger partial charge in [0.15, 0.2) is 0 Å². The average Bonchev–Trinajstić information content (AvgIpc) is 0. The predicted octanol–water partition coefficient (Wildman–Crippen LogP) is -0.920. The average molecular weight is 137 g/mol. The minimum atomic E-state index is 0. The maximum atomic E-state index is 0. The standard InChI is InChI=1S/Al.Fe.Mg.Si.2H/q;;+2;;2*-1. The molecule has 0 aromatic heterocycles. The van der Waals surface area contributed by atoms with Gasteiger partial charge in [-0.1, -0.05) is 0 Å². The third-order valence-electron chi connectivity index (χ3n) is 0. The molecule has 0 saturated carbocycles. The smallest absolute Gasteiger partial charge is 1.00 e. The molecule has 0 unspecified atom stereocenters. The SMILES string of the molecule is [Al].[Fe].[H-].[H-].[Mg+2].[Si]. The van der Waals surface area contributed by atoms with E-state index in [1.165, 1.54) is 0 Å². The summed E-state index contributed by atoms with van der Waals surface area (Å²) in [4.78, 5) is 0. The zero-order valence-electron chi connectivity index (χ0n) is 4.14. The molecule has 7 radical (unpaired) electrons. The molecule has 0 saturated heterocycles. The molecule has 4 heteroatoms. The zero-order valence-corrected chi connectivity index (χ0v) is 6.81. The molecule has 0 atom stereocenters. The molecule has 0 heterocycles. The van der Waals surface area contributed by atoms with Gasteiger partial charge in [-0.2, -0.15) is 0 Å². The molecule has 0 amide bonds. The third kappa shape index (κ3) is 8.97. The van der Waals surface area contributed by atoms with Gasteiger partial charge in [0.25, 0.3) is 0 Å². The monoisotopic (exact) mass is 137 g/mol. The molecule has 0 fully saturated rings. The van der Waals surface area contributed by atoms with E-state index in [1.807, 2.05) is 0 Å². The van der Waals surface area contributed by atoms with Gasteiger partial charge in [0.05, 0.1) is 0 Å². The first-order chi connectivity index (χ1) is 0. The first-order valence-electron chi connectivity index (χ1n) is 0. The summed E-state index contributed by atoms with van der Waals surface area (Å²) in [5, 5.41) is 0. The Morgan fingerprint density at radius 2 is 1.25 bits per heavy atom. The summed E-state index contributed by atoms with van der Waals surface area (Å²) < 4.78 is 0. The molecule has 19 valence electrons. The molecular formula is H2AlFeMgSi. The fourth-order valence-electron chi connectivity index (χ4n) is 0. The van der Waals surface area contributed by atoms with Crippen molar-refractivity contribution in [2.75, 3.05) is 0 Å². The van der Waals surface area contributed by atoms with Crippen LogP contribution in [0.1, 0.15) is 2.85 Å². The van der Waals surface area contributed by atoms with E-state index in [0.717, 1.165) is 0 Å². The van der Waals surface area contributed by atoms with Gasteiger partial charge in [0.2, 0.25) is 0 Å². The van der Waals surface area contributed by atoms with Gasteiger partial charge in [0.1, 0.15) is 0 Å². The quantitative estimate of drug-likeness (QED) is 0.379. The van der Waals surface area contributed by atoms with E-state index >= 15 is 0 Å². The summed E-state index contributed by atoms with van der Waals surface area (Å²) in [6, 6.07) is 0. The largest absolute Gasteiger partial charge is 2.00 e. The van der Waals surface area contributed by atoms with E-state index in [9.17, 15) is 0 Å². The Balaban J connectivity index is 0. The third-order valence-corrected chi connectivity index (χ3v) is 0. The Hall–Kier alpha value is 2.04. The molecule has 0 aliphatic carbocycles. The van der Waals surface area contributed by atoms with E-state index in [2.05, 4.69) is 0 Å². The van der Waals surface area contributed by atoms with E-state index in [0.29, 0.717) is 0 Å². The van der Waals surface area contributed by atoms with Gasteiger partial charge >= 0.3 is 23.1 Å². The Kier molecular flexibility index (Phi) is 183. The predicted molar refractivity (Wildman–Crippen MR) is 19.5 cm³/mol. The second kappa shape index (κ2) is 19.8.